The first-order valence-corrected chi connectivity index (χ1v) is 10.6. The molecule has 0 amide bonds. The second kappa shape index (κ2) is 9.65. The van der Waals surface area contributed by atoms with Crippen LogP contribution in [0, 0.1) is 0 Å². The van der Waals surface area contributed by atoms with Crippen LogP contribution in [-0.2, 0) is 0 Å². The molecule has 2 aromatic rings. The molecule has 1 aliphatic rings. The van der Waals surface area contributed by atoms with Crippen LogP contribution in [0.25, 0.3) is 11.0 Å². The zero-order chi connectivity index (χ0) is 15.8. The van der Waals surface area contributed by atoms with Crippen molar-refractivity contribution in [3.63, 3.8) is 0 Å². The Morgan fingerprint density at radius 3 is 2.64 bits per heavy atom. The van der Waals surface area contributed by atoms with Crippen molar-refractivity contribution in [3.8, 4) is 0 Å². The molecule has 1 aromatic heterocycles. The van der Waals surface area contributed by atoms with Crippen molar-refractivity contribution in [2.24, 2.45) is 0 Å². The maximum Gasteiger partial charge on any atom is 0.503 e. The van der Waals surface area contributed by atoms with Gasteiger partial charge in [-0.3, -0.25) is 4.90 Å². The van der Waals surface area contributed by atoms with Crippen molar-refractivity contribution in [1.29, 1.82) is 0 Å². The number of H-pyrrole nitrogens is 1. The van der Waals surface area contributed by atoms with Crippen LogP contribution in [0.2, 0.25) is 0 Å². The largest absolute Gasteiger partial charge is 0.503 e. The van der Waals surface area contributed by atoms with Gasteiger partial charge in [-0.1, -0.05) is 23.9 Å². The van der Waals surface area contributed by atoms with Crippen molar-refractivity contribution in [2.45, 2.75) is 5.16 Å². The van der Waals surface area contributed by atoms with Crippen molar-refractivity contribution in [3.05, 3.63) is 24.3 Å². The normalized spacial score (nSPS) is 15.8. The van der Waals surface area contributed by atoms with E-state index in [1.54, 1.807) is 0 Å². The van der Waals surface area contributed by atoms with Crippen molar-refractivity contribution < 1.29 is 31.4 Å². The van der Waals surface area contributed by atoms with Crippen molar-refractivity contribution in [1.82, 2.24) is 20.2 Å². The first-order chi connectivity index (χ1) is 10.6. The minimum atomic E-state index is -3.76. The minimum absolute atomic E-state index is 1.03. The number of nitrogens with one attached hydrogen (secondary N) is 2. The number of hydrogen-bond donors (Lipinski definition) is 3. The number of fused-ring (bicyclic) bond motifs is 1. The number of benzene rings is 1. The highest BCUT2D eigenvalue weighted by molar-refractivity contribution is 7.99. The van der Waals surface area contributed by atoms with E-state index >= 15 is 0 Å². The summed E-state index contributed by atoms with van der Waals surface area (Å²) in [5.74, 6) is 1.10. The number of para-hydroxylation sites is 2. The van der Waals surface area contributed by atoms with Crippen LogP contribution in [0.5, 0.6) is 0 Å². The molecule has 3 N–H and O–H groups in total. The Hall–Kier alpha value is -0.430. The molecule has 7 nitrogen and oxygen atoms in total. The van der Waals surface area contributed by atoms with E-state index < -0.39 is 21.1 Å². The summed E-state index contributed by atoms with van der Waals surface area (Å²) < 4.78 is 24.5. The van der Waals surface area contributed by atoms with Crippen LogP contribution in [0.3, 0.4) is 0 Å². The second-order valence-electron chi connectivity index (χ2n) is 4.70. The molecule has 0 saturated carbocycles. The highest BCUT2D eigenvalue weighted by Crippen LogP contribution is 2.19. The number of hydrogen-bond acceptors (Lipinski definition) is 7. The van der Waals surface area contributed by atoms with Gasteiger partial charge in [-0.15, -0.1) is 0 Å². The van der Waals surface area contributed by atoms with E-state index in [2.05, 4.69) is 26.3 Å². The first-order valence-electron chi connectivity index (χ1n) is 6.90. The zero-order valence-electron chi connectivity index (χ0n) is 12.0. The molecule has 0 aliphatic carbocycles. The fourth-order valence-electron chi connectivity index (χ4n) is 2.20. The molecule has 1 aromatic carbocycles. The van der Waals surface area contributed by atoms with E-state index in [4.69, 9.17) is 10.3 Å². The molecule has 1 fully saturated rings. The Morgan fingerprint density at radius 1 is 1.27 bits per heavy atom. The Balaban J connectivity index is 0.000000396. The van der Waals surface area contributed by atoms with Gasteiger partial charge in [0.15, 0.2) is 5.16 Å². The van der Waals surface area contributed by atoms with E-state index in [9.17, 15) is 0 Å². The molecule has 9 heteroatoms. The molecule has 0 unspecified atom stereocenters. The molecule has 0 spiro atoms. The lowest BCUT2D eigenvalue weighted by molar-refractivity contribution is -1.63. The third kappa shape index (κ3) is 6.36. The van der Waals surface area contributed by atoms with Crippen LogP contribution >= 0.6 is 11.8 Å². The molecular weight excluding hydrogens is 419 g/mol. The van der Waals surface area contributed by atoms with Gasteiger partial charge in [0.2, 0.25) is 0 Å². The summed E-state index contributed by atoms with van der Waals surface area (Å²) in [6.45, 7) is 5.72. The number of aromatic amines is 1. The lowest BCUT2D eigenvalue weighted by Crippen LogP contribution is -3.98. The fourth-order valence-corrected chi connectivity index (χ4v) is 3.09. The number of rotatable bonds is 4. The molecular formula is C13H19IN4O3S. The summed E-state index contributed by atoms with van der Waals surface area (Å²) in [6.07, 6.45) is 0. The first kappa shape index (κ1) is 17.9. The average Bonchev–Trinajstić information content (AvgIpc) is 2.90. The van der Waals surface area contributed by atoms with Gasteiger partial charge >= 0.3 is 21.1 Å². The molecule has 1 aliphatic heterocycles. The maximum absolute atomic E-state index is 8.68. The summed E-state index contributed by atoms with van der Waals surface area (Å²) in [4.78, 5) is 10.4. The molecule has 0 atom stereocenters. The predicted octanol–water partition coefficient (Wildman–Crippen LogP) is -4.37. The van der Waals surface area contributed by atoms with Gasteiger partial charge in [-0.2, -0.15) is 0 Å². The molecule has 22 heavy (non-hydrogen) atoms. The number of thioether (sulfide) groups is 1. The van der Waals surface area contributed by atoms with Crippen LogP contribution in [0.1, 0.15) is 0 Å². The zero-order valence-corrected chi connectivity index (χ0v) is 15.0. The third-order valence-electron chi connectivity index (χ3n) is 3.22. The highest BCUT2D eigenvalue weighted by Gasteiger charge is 2.09. The smallest absolute Gasteiger partial charge is 0.396 e. The summed E-state index contributed by atoms with van der Waals surface area (Å²) in [5.41, 5.74) is 2.18. The Labute approximate surface area is 142 Å². The van der Waals surface area contributed by atoms with Gasteiger partial charge in [-0.05, 0) is 15.6 Å². The Bertz CT molecular complexity index is 527. The fraction of sp³-hybridized carbons (Fsp3) is 0.462. The maximum atomic E-state index is 8.68. The molecule has 2 heterocycles. The number of imidazole rings is 1. The topological polar surface area (TPSA) is 110 Å². The Kier molecular flexibility index (Phi) is 7.86. The van der Waals surface area contributed by atoms with Gasteiger partial charge in [0, 0.05) is 38.5 Å². The van der Waals surface area contributed by atoms with Crippen LogP contribution in [0.15, 0.2) is 29.4 Å². The quantitative estimate of drug-likeness (QED) is 0.327. The average molecular weight is 438 g/mol. The molecule has 0 bridgehead atoms. The van der Waals surface area contributed by atoms with Gasteiger partial charge in [0.1, 0.15) is 0 Å². The number of nitrogens with zero attached hydrogens (tertiary/aromatic N) is 2. The Morgan fingerprint density at radius 2 is 1.95 bits per heavy atom. The monoisotopic (exact) mass is 438 g/mol. The van der Waals surface area contributed by atoms with Gasteiger partial charge in [0.25, 0.3) is 0 Å². The van der Waals surface area contributed by atoms with Crippen LogP contribution < -0.4 is 33.3 Å². The van der Waals surface area contributed by atoms with E-state index in [0.717, 1.165) is 41.6 Å². The SMILES string of the molecule is [O-][I+2]([O-])O.c1ccc2[nH]c(SCCN3CCNCC3)nc2c1. The lowest BCUT2D eigenvalue weighted by atomic mass is 10.3. The van der Waals surface area contributed by atoms with Gasteiger partial charge < -0.3 is 17.2 Å². The van der Waals surface area contributed by atoms with Crippen LogP contribution in [-0.4, -0.2) is 56.8 Å². The number of halogens is 1. The van der Waals surface area contributed by atoms with E-state index in [1.165, 1.54) is 13.1 Å². The molecule has 1 saturated heterocycles. The van der Waals surface area contributed by atoms with E-state index in [1.807, 2.05) is 30.0 Å². The molecule has 3 rings (SSSR count). The number of piperazine rings is 1. The van der Waals surface area contributed by atoms with E-state index in [0.29, 0.717) is 0 Å². The van der Waals surface area contributed by atoms with Crippen molar-refractivity contribution >= 4 is 22.8 Å². The summed E-state index contributed by atoms with van der Waals surface area (Å²) in [5, 5.41) is 4.41. The van der Waals surface area contributed by atoms with Crippen LogP contribution in [0.4, 0.5) is 0 Å². The molecule has 122 valence electrons. The lowest BCUT2D eigenvalue weighted by Gasteiger charge is -2.26. The second-order valence-corrected chi connectivity index (χ2v) is 6.93. The van der Waals surface area contributed by atoms with E-state index in [-0.39, 0.29) is 0 Å². The highest BCUT2D eigenvalue weighted by atomic mass is 127. The third-order valence-corrected chi connectivity index (χ3v) is 4.08. The predicted molar refractivity (Wildman–Crippen MR) is 78.3 cm³/mol. The molecule has 0 radical (unpaired) electrons. The summed E-state index contributed by atoms with van der Waals surface area (Å²) >= 11 is -1.95. The summed E-state index contributed by atoms with van der Waals surface area (Å²) in [7, 11) is 0. The minimum Gasteiger partial charge on any atom is -0.396 e. The number of aromatic nitrogens is 2. The van der Waals surface area contributed by atoms with Gasteiger partial charge in [0.05, 0.1) is 11.0 Å². The van der Waals surface area contributed by atoms with Crippen molar-refractivity contribution in [2.75, 3.05) is 38.5 Å². The summed E-state index contributed by atoms with van der Waals surface area (Å²) in [6, 6.07) is 8.18. The van der Waals surface area contributed by atoms with Gasteiger partial charge in [-0.25, -0.2) is 4.98 Å². The standard InChI is InChI=1S/C13H18N4S.HIO3/c1-2-4-12-11(3-1)15-13(16-12)18-10-9-17-7-5-14-6-8-17;2-1(3)4/h1-4,14H,5-10H2,(H,15,16);2H.